The first kappa shape index (κ1) is 22.2. The minimum Gasteiger partial charge on any atom is -0.508 e. The fraction of sp³-hybridized carbons (Fsp3) is 0.333. The average molecular weight is 459 g/mol. The quantitative estimate of drug-likeness (QED) is 0.581. The van der Waals surface area contributed by atoms with Gasteiger partial charge in [-0.1, -0.05) is 35.5 Å². The van der Waals surface area contributed by atoms with Crippen LogP contribution in [0.2, 0.25) is 0 Å². The van der Waals surface area contributed by atoms with E-state index in [4.69, 9.17) is 4.52 Å². The molecule has 0 spiro atoms. The minimum atomic E-state index is -0.243. The summed E-state index contributed by atoms with van der Waals surface area (Å²) in [6.45, 7) is 6.88. The molecule has 34 heavy (non-hydrogen) atoms. The van der Waals surface area contributed by atoms with Gasteiger partial charge in [-0.3, -0.25) is 9.69 Å². The second kappa shape index (κ2) is 8.99. The highest BCUT2D eigenvalue weighted by Crippen LogP contribution is 2.40. The number of nitrogens with zero attached hydrogens (tertiary/aromatic N) is 3. The van der Waals surface area contributed by atoms with Crippen molar-refractivity contribution >= 4 is 17.2 Å². The monoisotopic (exact) mass is 458 g/mol. The van der Waals surface area contributed by atoms with Crippen LogP contribution in [0, 0.1) is 13.8 Å². The van der Waals surface area contributed by atoms with Crippen LogP contribution in [0.1, 0.15) is 52.6 Å². The van der Waals surface area contributed by atoms with E-state index in [1.54, 1.807) is 26.0 Å². The number of aromatic hydroxyl groups is 1. The van der Waals surface area contributed by atoms with Gasteiger partial charge >= 0.3 is 0 Å². The van der Waals surface area contributed by atoms with E-state index in [0.29, 0.717) is 22.7 Å². The molecule has 1 unspecified atom stereocenters. The summed E-state index contributed by atoms with van der Waals surface area (Å²) < 4.78 is 5.19. The Morgan fingerprint density at radius 2 is 1.88 bits per heavy atom. The summed E-state index contributed by atoms with van der Waals surface area (Å²) in [7, 11) is 1.96. The molecule has 1 saturated heterocycles. The smallest absolute Gasteiger partial charge is 0.257 e. The summed E-state index contributed by atoms with van der Waals surface area (Å²) in [5, 5.41) is 17.1. The number of aryl methyl sites for hydroxylation is 2. The molecule has 1 atom stereocenters. The molecule has 2 aliphatic heterocycles. The first-order chi connectivity index (χ1) is 16.4. The number of rotatable bonds is 5. The Kier molecular flexibility index (Phi) is 5.87. The molecule has 3 heterocycles. The van der Waals surface area contributed by atoms with Crippen LogP contribution in [0.5, 0.6) is 5.75 Å². The number of hydrogen-bond acceptors (Lipinski definition) is 6. The van der Waals surface area contributed by atoms with E-state index in [1.165, 1.54) is 31.5 Å². The Bertz CT molecular complexity index is 1220. The van der Waals surface area contributed by atoms with E-state index in [-0.39, 0.29) is 17.7 Å². The van der Waals surface area contributed by atoms with Crippen molar-refractivity contribution in [2.75, 3.05) is 25.5 Å². The van der Waals surface area contributed by atoms with Gasteiger partial charge in [-0.25, -0.2) is 0 Å². The van der Waals surface area contributed by atoms with Gasteiger partial charge in [-0.15, -0.1) is 0 Å². The van der Waals surface area contributed by atoms with Gasteiger partial charge in [0.15, 0.2) is 5.76 Å². The van der Waals surface area contributed by atoms with Crippen LogP contribution in [-0.4, -0.2) is 46.1 Å². The SMILES string of the molecule is Cc1noc(C)c1NC(=O)C1=CN(C)C(c2ccc(CN3CCCC3)cc2)c2cc(O)ccc21. The number of hydrogen-bond donors (Lipinski definition) is 2. The standard InChI is InChI=1S/C27H30N4O3/c1-17-25(18(2)34-29-17)28-27(33)24-16-30(3)26(23-14-21(32)10-11-22(23)24)20-8-6-19(7-9-20)15-31-12-4-5-13-31/h6-11,14,16,26,32H,4-5,12-13,15H2,1-3H3,(H,28,33). The zero-order chi connectivity index (χ0) is 23.8. The summed E-state index contributed by atoms with van der Waals surface area (Å²) in [4.78, 5) is 17.8. The molecule has 0 aliphatic carbocycles. The van der Waals surface area contributed by atoms with E-state index in [2.05, 4.69) is 39.6 Å². The molecular weight excluding hydrogens is 428 g/mol. The number of likely N-dealkylation sites (tertiary alicyclic amines) is 1. The van der Waals surface area contributed by atoms with Gasteiger partial charge in [0.25, 0.3) is 5.91 Å². The molecular formula is C27H30N4O3. The van der Waals surface area contributed by atoms with Crippen LogP contribution >= 0.6 is 0 Å². The Morgan fingerprint density at radius 1 is 1.15 bits per heavy atom. The van der Waals surface area contributed by atoms with Crippen molar-refractivity contribution < 1.29 is 14.4 Å². The van der Waals surface area contributed by atoms with Gasteiger partial charge < -0.3 is 19.8 Å². The predicted molar refractivity (Wildman–Crippen MR) is 131 cm³/mol. The van der Waals surface area contributed by atoms with E-state index < -0.39 is 0 Å². The van der Waals surface area contributed by atoms with Crippen molar-refractivity contribution in [3.05, 3.63) is 82.4 Å². The lowest BCUT2D eigenvalue weighted by Gasteiger charge is -2.34. The fourth-order valence-corrected chi connectivity index (χ4v) is 5.03. The molecule has 0 radical (unpaired) electrons. The molecule has 5 rings (SSSR count). The van der Waals surface area contributed by atoms with E-state index in [0.717, 1.165) is 23.2 Å². The van der Waals surface area contributed by atoms with Crippen LogP contribution in [0.3, 0.4) is 0 Å². The van der Waals surface area contributed by atoms with Gasteiger partial charge in [-0.2, -0.15) is 0 Å². The number of fused-ring (bicyclic) bond motifs is 1. The molecule has 176 valence electrons. The van der Waals surface area contributed by atoms with Crippen LogP contribution in [0.25, 0.3) is 5.57 Å². The summed E-state index contributed by atoms with van der Waals surface area (Å²) in [6, 6.07) is 13.8. The normalized spacial score (nSPS) is 18.0. The fourth-order valence-electron chi connectivity index (χ4n) is 5.03. The highest BCUT2D eigenvalue weighted by molar-refractivity contribution is 6.26. The molecule has 3 aromatic rings. The molecule has 1 fully saturated rings. The lowest BCUT2D eigenvalue weighted by atomic mass is 9.86. The number of carbonyl (C=O) groups is 1. The van der Waals surface area contributed by atoms with Crippen molar-refractivity contribution in [1.29, 1.82) is 0 Å². The Balaban J connectivity index is 1.45. The third kappa shape index (κ3) is 4.19. The summed E-state index contributed by atoms with van der Waals surface area (Å²) in [5.74, 6) is 0.497. The first-order valence-corrected chi connectivity index (χ1v) is 11.7. The predicted octanol–water partition coefficient (Wildman–Crippen LogP) is 4.61. The number of nitrogens with one attached hydrogen (secondary N) is 1. The third-order valence-corrected chi connectivity index (χ3v) is 6.78. The number of aromatic nitrogens is 1. The maximum absolute atomic E-state index is 13.3. The molecule has 1 amide bonds. The van der Waals surface area contributed by atoms with Crippen molar-refractivity contribution in [1.82, 2.24) is 15.0 Å². The van der Waals surface area contributed by atoms with Gasteiger partial charge in [0.05, 0.1) is 11.6 Å². The van der Waals surface area contributed by atoms with Gasteiger partial charge in [0.1, 0.15) is 17.1 Å². The second-order valence-electron chi connectivity index (χ2n) is 9.26. The molecule has 2 N–H and O–H groups in total. The lowest BCUT2D eigenvalue weighted by molar-refractivity contribution is -0.111. The number of phenolic OH excluding ortho intramolecular Hbond substituents is 1. The van der Waals surface area contributed by atoms with Crippen molar-refractivity contribution in [3.63, 3.8) is 0 Å². The molecule has 7 nitrogen and oxygen atoms in total. The van der Waals surface area contributed by atoms with Gasteiger partial charge in [-0.05, 0) is 74.2 Å². The molecule has 1 aromatic heterocycles. The van der Waals surface area contributed by atoms with Crippen LogP contribution in [0.15, 0.2) is 53.2 Å². The highest BCUT2D eigenvalue weighted by Gasteiger charge is 2.30. The maximum Gasteiger partial charge on any atom is 0.257 e. The number of amides is 1. The Hall–Kier alpha value is -3.58. The highest BCUT2D eigenvalue weighted by atomic mass is 16.5. The van der Waals surface area contributed by atoms with Crippen LogP contribution in [0.4, 0.5) is 5.69 Å². The lowest BCUT2D eigenvalue weighted by Crippen LogP contribution is -2.29. The zero-order valence-electron chi connectivity index (χ0n) is 19.8. The van der Waals surface area contributed by atoms with Crippen molar-refractivity contribution in [2.24, 2.45) is 0 Å². The van der Waals surface area contributed by atoms with Crippen LogP contribution < -0.4 is 5.32 Å². The zero-order valence-corrected chi connectivity index (χ0v) is 19.8. The Labute approximate surface area is 199 Å². The minimum absolute atomic E-state index is 0.112. The maximum atomic E-state index is 13.3. The number of phenols is 1. The topological polar surface area (TPSA) is 81.8 Å². The summed E-state index contributed by atoms with van der Waals surface area (Å²) in [5.41, 5.74) is 5.85. The van der Waals surface area contributed by atoms with Gasteiger partial charge in [0.2, 0.25) is 0 Å². The first-order valence-electron chi connectivity index (χ1n) is 11.7. The van der Waals surface area contributed by atoms with E-state index in [1.807, 2.05) is 24.2 Å². The summed E-state index contributed by atoms with van der Waals surface area (Å²) in [6.07, 6.45) is 4.43. The average Bonchev–Trinajstić information content (AvgIpc) is 3.44. The molecule has 2 aromatic carbocycles. The molecule has 0 saturated carbocycles. The van der Waals surface area contributed by atoms with Gasteiger partial charge in [0, 0.05) is 19.8 Å². The summed E-state index contributed by atoms with van der Waals surface area (Å²) >= 11 is 0. The number of anilines is 1. The molecule has 0 bridgehead atoms. The third-order valence-electron chi connectivity index (χ3n) is 6.78. The second-order valence-corrected chi connectivity index (χ2v) is 9.26. The molecule has 7 heteroatoms. The Morgan fingerprint density at radius 3 is 2.56 bits per heavy atom. The number of benzene rings is 2. The van der Waals surface area contributed by atoms with Crippen molar-refractivity contribution in [2.45, 2.75) is 39.3 Å². The number of carbonyl (C=O) groups excluding carboxylic acids is 1. The van der Waals surface area contributed by atoms with E-state index >= 15 is 0 Å². The molecule has 2 aliphatic rings. The van der Waals surface area contributed by atoms with Crippen LogP contribution in [-0.2, 0) is 11.3 Å². The van der Waals surface area contributed by atoms with E-state index in [9.17, 15) is 9.90 Å². The van der Waals surface area contributed by atoms with Crippen molar-refractivity contribution in [3.8, 4) is 5.75 Å². The largest absolute Gasteiger partial charge is 0.508 e.